The van der Waals surface area contributed by atoms with E-state index in [9.17, 15) is 14.7 Å². The van der Waals surface area contributed by atoms with Gasteiger partial charge in [0.15, 0.2) is 4.96 Å². The molecule has 0 aliphatic heterocycles. The second-order valence-electron chi connectivity index (χ2n) is 7.27. The van der Waals surface area contributed by atoms with Crippen LogP contribution in [0.5, 0.6) is 0 Å². The normalized spacial score (nSPS) is 12.3. The van der Waals surface area contributed by atoms with Gasteiger partial charge in [0.2, 0.25) is 0 Å². The van der Waals surface area contributed by atoms with Crippen molar-refractivity contribution < 1.29 is 14.3 Å². The number of aromatic carboxylic acids is 1. The molecule has 154 valence electrons. The molecule has 0 amide bonds. The molecular weight excluding hydrogens is 436 g/mol. The zero-order valence-electron chi connectivity index (χ0n) is 16.5. The number of fused-ring (bicyclic) bond motifs is 3. The van der Waals surface area contributed by atoms with Crippen molar-refractivity contribution in [1.82, 2.24) is 9.38 Å². The lowest BCUT2D eigenvalue weighted by atomic mass is 10.1. The van der Waals surface area contributed by atoms with Gasteiger partial charge in [-0.05, 0) is 67.4 Å². The van der Waals surface area contributed by atoms with E-state index in [0.29, 0.717) is 31.6 Å². The van der Waals surface area contributed by atoms with Gasteiger partial charge in [-0.15, -0.1) is 0 Å². The topological polar surface area (TPSA) is 84.8 Å². The number of aryl methyl sites for hydroxylation is 2. The molecule has 3 heterocycles. The van der Waals surface area contributed by atoms with E-state index in [1.165, 1.54) is 23.5 Å². The van der Waals surface area contributed by atoms with Crippen LogP contribution in [-0.4, -0.2) is 20.5 Å². The van der Waals surface area contributed by atoms with Crippen LogP contribution in [0.1, 0.15) is 27.2 Å². The van der Waals surface area contributed by atoms with Gasteiger partial charge in [0.25, 0.3) is 5.56 Å². The molecule has 1 N–H and O–H groups in total. The highest BCUT2D eigenvalue weighted by molar-refractivity contribution is 7.15. The second-order valence-corrected chi connectivity index (χ2v) is 8.71. The van der Waals surface area contributed by atoms with E-state index in [2.05, 4.69) is 4.98 Å². The Hall–Kier alpha value is -3.42. The fourth-order valence-corrected chi connectivity index (χ4v) is 4.67. The molecule has 5 rings (SSSR count). The fraction of sp³-hybridized carbons (Fsp3) is 0.0870. The molecule has 0 aliphatic rings. The van der Waals surface area contributed by atoms with E-state index < -0.39 is 5.97 Å². The molecule has 8 heteroatoms. The third kappa shape index (κ3) is 3.22. The van der Waals surface area contributed by atoms with Crippen LogP contribution < -0.4 is 10.1 Å². The molecule has 0 saturated heterocycles. The maximum atomic E-state index is 13.0. The van der Waals surface area contributed by atoms with Crippen molar-refractivity contribution in [2.24, 2.45) is 0 Å². The van der Waals surface area contributed by atoms with E-state index in [0.717, 1.165) is 22.2 Å². The quantitative estimate of drug-likeness (QED) is 0.431. The SMILES string of the molecule is Cc1cc2nc3s/c(=C/c4ccc(-c5cc(Cl)ccc5C(=O)O)o4)c(=O)n3c2cc1C. The van der Waals surface area contributed by atoms with Crippen molar-refractivity contribution in [2.75, 3.05) is 0 Å². The van der Waals surface area contributed by atoms with Gasteiger partial charge in [-0.1, -0.05) is 22.9 Å². The van der Waals surface area contributed by atoms with E-state index in [4.69, 9.17) is 16.0 Å². The van der Waals surface area contributed by atoms with Crippen molar-refractivity contribution in [3.05, 3.63) is 84.8 Å². The van der Waals surface area contributed by atoms with Crippen molar-refractivity contribution >= 4 is 51.0 Å². The van der Waals surface area contributed by atoms with Crippen LogP contribution in [-0.2, 0) is 0 Å². The molecule has 0 spiro atoms. The number of carboxylic acid groups (broad SMARTS) is 1. The Morgan fingerprint density at radius 2 is 1.94 bits per heavy atom. The highest BCUT2D eigenvalue weighted by atomic mass is 35.5. The maximum absolute atomic E-state index is 13.0. The van der Waals surface area contributed by atoms with E-state index in [1.807, 2.05) is 26.0 Å². The number of nitrogens with zero attached hydrogens (tertiary/aromatic N) is 2. The van der Waals surface area contributed by atoms with Gasteiger partial charge in [0, 0.05) is 16.7 Å². The molecule has 0 atom stereocenters. The minimum Gasteiger partial charge on any atom is -0.478 e. The average Bonchev–Trinajstić information content (AvgIpc) is 3.39. The first-order chi connectivity index (χ1) is 14.8. The number of rotatable bonds is 3. The summed E-state index contributed by atoms with van der Waals surface area (Å²) in [7, 11) is 0. The number of furan rings is 1. The van der Waals surface area contributed by atoms with E-state index >= 15 is 0 Å². The van der Waals surface area contributed by atoms with Crippen LogP contribution in [0.3, 0.4) is 0 Å². The van der Waals surface area contributed by atoms with Crippen molar-refractivity contribution in [1.29, 1.82) is 0 Å². The Morgan fingerprint density at radius 3 is 2.71 bits per heavy atom. The molecule has 0 aliphatic carbocycles. The zero-order valence-corrected chi connectivity index (χ0v) is 18.0. The van der Waals surface area contributed by atoms with Crippen LogP contribution >= 0.6 is 22.9 Å². The molecule has 5 aromatic rings. The molecule has 2 aromatic carbocycles. The second kappa shape index (κ2) is 7.08. The standard InChI is InChI=1S/C23H15ClN2O4S/c1-11-7-17-18(8-12(11)2)26-21(27)20(31-23(26)25-17)10-14-4-6-19(30-14)16-9-13(24)3-5-15(16)22(28)29/h3-10H,1-2H3,(H,28,29)/b20-10+. The first-order valence-electron chi connectivity index (χ1n) is 9.39. The van der Waals surface area contributed by atoms with Crippen LogP contribution in [0, 0.1) is 13.8 Å². The molecule has 6 nitrogen and oxygen atoms in total. The van der Waals surface area contributed by atoms with E-state index in [-0.39, 0.29) is 11.1 Å². The Balaban J connectivity index is 1.63. The molecule has 0 bridgehead atoms. The summed E-state index contributed by atoms with van der Waals surface area (Å²) in [4.78, 5) is 29.8. The number of thiazole rings is 1. The van der Waals surface area contributed by atoms with Gasteiger partial charge in [-0.25, -0.2) is 14.2 Å². The Morgan fingerprint density at radius 1 is 1.16 bits per heavy atom. The van der Waals surface area contributed by atoms with Crippen molar-refractivity contribution in [3.8, 4) is 11.3 Å². The predicted octanol–water partition coefficient (Wildman–Crippen LogP) is 4.69. The summed E-state index contributed by atoms with van der Waals surface area (Å²) in [5.74, 6) is -0.284. The van der Waals surface area contributed by atoms with Gasteiger partial charge in [0.05, 0.1) is 16.6 Å². The smallest absolute Gasteiger partial charge is 0.336 e. The number of imidazole rings is 1. The van der Waals surface area contributed by atoms with Gasteiger partial charge < -0.3 is 9.52 Å². The fourth-order valence-electron chi connectivity index (χ4n) is 3.53. The summed E-state index contributed by atoms with van der Waals surface area (Å²) >= 11 is 7.32. The number of halogens is 1. The largest absolute Gasteiger partial charge is 0.478 e. The first-order valence-corrected chi connectivity index (χ1v) is 10.6. The van der Waals surface area contributed by atoms with Crippen LogP contribution in [0.15, 0.2) is 51.7 Å². The predicted molar refractivity (Wildman–Crippen MR) is 121 cm³/mol. The number of hydrogen-bond donors (Lipinski definition) is 1. The number of carboxylic acids is 1. The number of benzene rings is 2. The lowest BCUT2D eigenvalue weighted by Gasteiger charge is -2.03. The number of hydrogen-bond acceptors (Lipinski definition) is 5. The molecule has 31 heavy (non-hydrogen) atoms. The van der Waals surface area contributed by atoms with Crippen molar-refractivity contribution in [3.63, 3.8) is 0 Å². The minimum atomic E-state index is -1.08. The monoisotopic (exact) mass is 450 g/mol. The average molecular weight is 451 g/mol. The zero-order chi connectivity index (χ0) is 21.9. The molecule has 3 aromatic heterocycles. The molecular formula is C23H15ClN2O4S. The number of carbonyl (C=O) groups is 1. The summed E-state index contributed by atoms with van der Waals surface area (Å²) in [6, 6.07) is 11.8. The highest BCUT2D eigenvalue weighted by Crippen LogP contribution is 2.29. The van der Waals surface area contributed by atoms with Crippen molar-refractivity contribution in [2.45, 2.75) is 13.8 Å². The lowest BCUT2D eigenvalue weighted by molar-refractivity contribution is 0.0697. The van der Waals surface area contributed by atoms with Gasteiger partial charge in [-0.3, -0.25) is 4.79 Å². The summed E-state index contributed by atoms with van der Waals surface area (Å²) in [6.07, 6.45) is 1.64. The van der Waals surface area contributed by atoms with Gasteiger partial charge in [0.1, 0.15) is 16.1 Å². The van der Waals surface area contributed by atoms with Gasteiger partial charge in [-0.2, -0.15) is 0 Å². The first kappa shape index (κ1) is 19.5. The summed E-state index contributed by atoms with van der Waals surface area (Å²) < 4.78 is 7.92. The highest BCUT2D eigenvalue weighted by Gasteiger charge is 2.16. The maximum Gasteiger partial charge on any atom is 0.336 e. The number of aromatic nitrogens is 2. The Kier molecular flexibility index (Phi) is 4.46. The molecule has 0 saturated carbocycles. The molecule has 0 radical (unpaired) electrons. The third-order valence-electron chi connectivity index (χ3n) is 5.23. The third-order valence-corrected chi connectivity index (χ3v) is 6.44. The van der Waals surface area contributed by atoms with Crippen LogP contribution in [0.25, 0.3) is 33.4 Å². The van der Waals surface area contributed by atoms with E-state index in [1.54, 1.807) is 28.7 Å². The summed E-state index contributed by atoms with van der Waals surface area (Å²) in [5.41, 5.74) is 4.09. The van der Waals surface area contributed by atoms with Gasteiger partial charge >= 0.3 is 5.97 Å². The summed E-state index contributed by atoms with van der Waals surface area (Å²) in [6.45, 7) is 4.02. The summed E-state index contributed by atoms with van der Waals surface area (Å²) in [5, 5.41) is 9.84. The Labute approximate surface area is 184 Å². The van der Waals surface area contributed by atoms with Crippen LogP contribution in [0.2, 0.25) is 5.02 Å². The minimum absolute atomic E-state index is 0.0848. The molecule has 0 fully saturated rings. The molecule has 0 unspecified atom stereocenters. The lowest BCUT2D eigenvalue weighted by Crippen LogP contribution is -2.22. The van der Waals surface area contributed by atoms with Crippen LogP contribution in [0.4, 0.5) is 0 Å². The Bertz CT molecular complexity index is 1630.